The number of hydrogen-bond donors (Lipinski definition) is 1. The highest BCUT2D eigenvalue weighted by molar-refractivity contribution is 7.80. The smallest absolute Gasteiger partial charge is 0.161 e. The van der Waals surface area contributed by atoms with E-state index in [4.69, 9.17) is 27.4 Å². The summed E-state index contributed by atoms with van der Waals surface area (Å²) in [6.07, 6.45) is 0.963. The van der Waals surface area contributed by atoms with E-state index < -0.39 is 0 Å². The Labute approximate surface area is 130 Å². The van der Waals surface area contributed by atoms with Crippen LogP contribution in [0, 0.1) is 0 Å². The monoisotopic (exact) mass is 301 g/mol. The first-order chi connectivity index (χ1) is 10.2. The molecular formula is C17H19NO2S. The molecule has 0 saturated heterocycles. The van der Waals surface area contributed by atoms with Crippen molar-refractivity contribution >= 4 is 17.2 Å². The van der Waals surface area contributed by atoms with Gasteiger partial charge in [-0.1, -0.05) is 49.5 Å². The lowest BCUT2D eigenvalue weighted by Gasteiger charge is -2.12. The quantitative estimate of drug-likeness (QED) is 0.792. The molecule has 0 spiro atoms. The lowest BCUT2D eigenvalue weighted by atomic mass is 10.1. The van der Waals surface area contributed by atoms with Gasteiger partial charge in [-0.15, -0.1) is 0 Å². The van der Waals surface area contributed by atoms with Crippen LogP contribution in [0.2, 0.25) is 0 Å². The van der Waals surface area contributed by atoms with Crippen molar-refractivity contribution in [1.29, 1.82) is 0 Å². The van der Waals surface area contributed by atoms with Gasteiger partial charge in [0.05, 0.1) is 6.61 Å². The summed E-state index contributed by atoms with van der Waals surface area (Å²) in [5.74, 6) is 1.51. The second-order valence-corrected chi connectivity index (χ2v) is 5.09. The van der Waals surface area contributed by atoms with Gasteiger partial charge in [-0.2, -0.15) is 0 Å². The van der Waals surface area contributed by atoms with E-state index in [-0.39, 0.29) is 0 Å². The molecule has 0 aliphatic heterocycles. The molecule has 0 atom stereocenters. The van der Waals surface area contributed by atoms with E-state index in [0.717, 1.165) is 29.0 Å². The first kappa shape index (κ1) is 15.3. The molecule has 0 bridgehead atoms. The predicted molar refractivity (Wildman–Crippen MR) is 88.9 cm³/mol. The average Bonchev–Trinajstić information content (AvgIpc) is 2.52. The fourth-order valence-corrected chi connectivity index (χ4v) is 2.00. The van der Waals surface area contributed by atoms with Crippen molar-refractivity contribution in [1.82, 2.24) is 0 Å². The highest BCUT2D eigenvalue weighted by atomic mass is 32.1. The topological polar surface area (TPSA) is 44.5 Å². The van der Waals surface area contributed by atoms with Gasteiger partial charge in [0.15, 0.2) is 11.5 Å². The predicted octanol–water partition coefficient (Wildman–Crippen LogP) is 3.69. The minimum Gasteiger partial charge on any atom is -0.490 e. The van der Waals surface area contributed by atoms with E-state index in [1.807, 2.05) is 48.5 Å². The van der Waals surface area contributed by atoms with Gasteiger partial charge in [-0.05, 0) is 30.2 Å². The van der Waals surface area contributed by atoms with Gasteiger partial charge in [0.2, 0.25) is 0 Å². The number of thiocarbonyl (C=S) groups is 1. The fourth-order valence-electron chi connectivity index (χ4n) is 1.88. The number of rotatable bonds is 7. The molecular weight excluding hydrogens is 282 g/mol. The van der Waals surface area contributed by atoms with Crippen LogP contribution in [0.5, 0.6) is 11.5 Å². The standard InChI is InChI=1S/C17H19NO2S/c1-2-10-19-15-8-3-4-9-16(15)20-12-13-6-5-7-14(11-13)17(18)21/h3-9,11H,2,10,12H2,1H3,(H2,18,21). The summed E-state index contributed by atoms with van der Waals surface area (Å²) in [6.45, 7) is 3.20. The third-order valence-electron chi connectivity index (χ3n) is 2.92. The molecule has 0 aliphatic rings. The van der Waals surface area contributed by atoms with E-state index in [1.54, 1.807) is 0 Å². The third-order valence-corrected chi connectivity index (χ3v) is 3.15. The average molecular weight is 301 g/mol. The second kappa shape index (κ2) is 7.64. The minimum absolute atomic E-state index is 0.392. The summed E-state index contributed by atoms with van der Waals surface area (Å²) in [5, 5.41) is 0. The molecule has 0 fully saturated rings. The van der Waals surface area contributed by atoms with Crippen molar-refractivity contribution in [2.24, 2.45) is 5.73 Å². The van der Waals surface area contributed by atoms with Crippen LogP contribution in [0.1, 0.15) is 24.5 Å². The second-order valence-electron chi connectivity index (χ2n) is 4.65. The van der Waals surface area contributed by atoms with Crippen LogP contribution in [-0.2, 0) is 6.61 Å². The van der Waals surface area contributed by atoms with E-state index >= 15 is 0 Å². The zero-order valence-electron chi connectivity index (χ0n) is 12.0. The van der Waals surface area contributed by atoms with Crippen molar-refractivity contribution in [3.63, 3.8) is 0 Å². The van der Waals surface area contributed by atoms with Crippen LogP contribution in [0.4, 0.5) is 0 Å². The highest BCUT2D eigenvalue weighted by Crippen LogP contribution is 2.27. The molecule has 110 valence electrons. The maximum absolute atomic E-state index is 5.85. The van der Waals surface area contributed by atoms with Crippen molar-refractivity contribution < 1.29 is 9.47 Å². The molecule has 2 N–H and O–H groups in total. The summed E-state index contributed by atoms with van der Waals surface area (Å²) in [7, 11) is 0. The lowest BCUT2D eigenvalue weighted by molar-refractivity contribution is 0.262. The SMILES string of the molecule is CCCOc1ccccc1OCc1cccc(C(N)=S)c1. The van der Waals surface area contributed by atoms with Crippen LogP contribution in [0.25, 0.3) is 0 Å². The minimum atomic E-state index is 0.392. The van der Waals surface area contributed by atoms with Gasteiger partial charge < -0.3 is 15.2 Å². The van der Waals surface area contributed by atoms with Gasteiger partial charge in [-0.3, -0.25) is 0 Å². The Hall–Kier alpha value is -2.07. The molecule has 3 nitrogen and oxygen atoms in total. The molecule has 0 aromatic heterocycles. The zero-order valence-corrected chi connectivity index (χ0v) is 12.9. The lowest BCUT2D eigenvalue weighted by Crippen LogP contribution is -2.09. The summed E-state index contributed by atoms with van der Waals surface area (Å²) in [5.41, 5.74) is 7.51. The molecule has 0 unspecified atom stereocenters. The fraction of sp³-hybridized carbons (Fsp3) is 0.235. The molecule has 0 aliphatic carbocycles. The highest BCUT2D eigenvalue weighted by Gasteiger charge is 2.05. The Morgan fingerprint density at radius 3 is 2.43 bits per heavy atom. The number of para-hydroxylation sites is 2. The van der Waals surface area contributed by atoms with Crippen molar-refractivity contribution in [2.45, 2.75) is 20.0 Å². The van der Waals surface area contributed by atoms with Crippen LogP contribution < -0.4 is 15.2 Å². The number of ether oxygens (including phenoxy) is 2. The molecule has 2 aromatic rings. The summed E-state index contributed by atoms with van der Waals surface area (Å²) in [6, 6.07) is 15.4. The van der Waals surface area contributed by atoms with Gasteiger partial charge in [0, 0.05) is 5.56 Å². The molecule has 4 heteroatoms. The van der Waals surface area contributed by atoms with Gasteiger partial charge in [-0.25, -0.2) is 0 Å². The maximum Gasteiger partial charge on any atom is 0.161 e. The maximum atomic E-state index is 5.85. The molecule has 0 saturated carbocycles. The normalized spacial score (nSPS) is 10.1. The largest absolute Gasteiger partial charge is 0.490 e. The molecule has 2 aromatic carbocycles. The van der Waals surface area contributed by atoms with E-state index in [0.29, 0.717) is 18.2 Å². The molecule has 0 heterocycles. The first-order valence-electron chi connectivity index (χ1n) is 6.94. The van der Waals surface area contributed by atoms with Gasteiger partial charge >= 0.3 is 0 Å². The number of nitrogens with two attached hydrogens (primary N) is 1. The Morgan fingerprint density at radius 1 is 1.05 bits per heavy atom. The van der Waals surface area contributed by atoms with Crippen LogP contribution in [0.15, 0.2) is 48.5 Å². The van der Waals surface area contributed by atoms with E-state index in [2.05, 4.69) is 6.92 Å². The Morgan fingerprint density at radius 2 is 1.76 bits per heavy atom. The molecule has 0 amide bonds. The summed E-state index contributed by atoms with van der Waals surface area (Å²) >= 11 is 4.98. The number of hydrogen-bond acceptors (Lipinski definition) is 3. The van der Waals surface area contributed by atoms with Gasteiger partial charge in [0.25, 0.3) is 0 Å². The Balaban J connectivity index is 2.06. The number of benzene rings is 2. The Kier molecular flexibility index (Phi) is 5.58. The molecule has 2 rings (SSSR count). The van der Waals surface area contributed by atoms with Crippen molar-refractivity contribution in [3.05, 3.63) is 59.7 Å². The van der Waals surface area contributed by atoms with Gasteiger partial charge in [0.1, 0.15) is 11.6 Å². The third kappa shape index (κ3) is 4.46. The van der Waals surface area contributed by atoms with Crippen LogP contribution in [0.3, 0.4) is 0 Å². The van der Waals surface area contributed by atoms with Crippen LogP contribution >= 0.6 is 12.2 Å². The molecule has 21 heavy (non-hydrogen) atoms. The first-order valence-corrected chi connectivity index (χ1v) is 7.35. The van der Waals surface area contributed by atoms with Crippen molar-refractivity contribution in [2.75, 3.05) is 6.61 Å². The van der Waals surface area contributed by atoms with E-state index in [1.165, 1.54) is 0 Å². The summed E-state index contributed by atoms with van der Waals surface area (Å²) < 4.78 is 11.5. The Bertz CT molecular complexity index is 613. The molecule has 0 radical (unpaired) electrons. The van der Waals surface area contributed by atoms with Crippen LogP contribution in [-0.4, -0.2) is 11.6 Å². The van der Waals surface area contributed by atoms with Crippen molar-refractivity contribution in [3.8, 4) is 11.5 Å². The summed E-state index contributed by atoms with van der Waals surface area (Å²) in [4.78, 5) is 0.392. The zero-order chi connectivity index (χ0) is 15.1. The van der Waals surface area contributed by atoms with E-state index in [9.17, 15) is 0 Å².